The van der Waals surface area contributed by atoms with Crippen molar-refractivity contribution in [2.24, 2.45) is 5.92 Å². The van der Waals surface area contributed by atoms with Gasteiger partial charge in [-0.3, -0.25) is 0 Å². The Kier molecular flexibility index (Phi) is 6.39. The molecule has 0 saturated heterocycles. The smallest absolute Gasteiger partial charge is 0.0801 e. The van der Waals surface area contributed by atoms with E-state index < -0.39 is 12.2 Å². The fraction of sp³-hybridized carbons (Fsp3) is 1.00. The van der Waals surface area contributed by atoms with E-state index in [4.69, 9.17) is 0 Å². The summed E-state index contributed by atoms with van der Waals surface area (Å²) in [4.78, 5) is 0. The first kappa shape index (κ1) is 11.9. The zero-order chi connectivity index (χ0) is 9.56. The van der Waals surface area contributed by atoms with Gasteiger partial charge in [0.2, 0.25) is 0 Å². The molecule has 3 atom stereocenters. The monoisotopic (exact) mass is 174 g/mol. The van der Waals surface area contributed by atoms with Crippen molar-refractivity contribution < 1.29 is 10.2 Å². The molecular formula is C10H22O2. The van der Waals surface area contributed by atoms with Gasteiger partial charge in [-0.15, -0.1) is 0 Å². The summed E-state index contributed by atoms with van der Waals surface area (Å²) < 4.78 is 0. The van der Waals surface area contributed by atoms with E-state index in [0.29, 0.717) is 12.3 Å². The summed E-state index contributed by atoms with van der Waals surface area (Å²) in [5.74, 6) is 0.506. The lowest BCUT2D eigenvalue weighted by Gasteiger charge is -2.19. The predicted molar refractivity (Wildman–Crippen MR) is 51.0 cm³/mol. The van der Waals surface area contributed by atoms with Crippen LogP contribution in [0.3, 0.4) is 0 Å². The van der Waals surface area contributed by atoms with Crippen molar-refractivity contribution in [2.75, 3.05) is 0 Å². The third-order valence-corrected chi connectivity index (χ3v) is 2.37. The predicted octanol–water partition coefficient (Wildman–Crippen LogP) is 1.94. The first-order valence-corrected chi connectivity index (χ1v) is 4.97. The van der Waals surface area contributed by atoms with Crippen molar-refractivity contribution >= 4 is 0 Å². The van der Waals surface area contributed by atoms with Crippen LogP contribution in [0.2, 0.25) is 0 Å². The first-order valence-electron chi connectivity index (χ1n) is 4.97. The van der Waals surface area contributed by atoms with Crippen molar-refractivity contribution in [1.29, 1.82) is 0 Å². The van der Waals surface area contributed by atoms with Crippen LogP contribution in [0.1, 0.15) is 46.5 Å². The molecular weight excluding hydrogens is 152 g/mol. The largest absolute Gasteiger partial charge is 0.390 e. The van der Waals surface area contributed by atoms with E-state index in [1.807, 2.05) is 6.92 Å². The molecule has 0 aromatic carbocycles. The van der Waals surface area contributed by atoms with Gasteiger partial charge in [-0.25, -0.2) is 0 Å². The summed E-state index contributed by atoms with van der Waals surface area (Å²) >= 11 is 0. The van der Waals surface area contributed by atoms with Crippen LogP contribution in [-0.4, -0.2) is 22.4 Å². The molecule has 2 heteroatoms. The number of aliphatic hydroxyl groups is 2. The van der Waals surface area contributed by atoms with Gasteiger partial charge in [0.25, 0.3) is 0 Å². The number of aliphatic hydroxyl groups excluding tert-OH is 2. The molecule has 3 unspecified atom stereocenters. The summed E-state index contributed by atoms with van der Waals surface area (Å²) in [6, 6.07) is 0. The third-order valence-electron chi connectivity index (χ3n) is 2.37. The minimum atomic E-state index is -0.528. The molecule has 0 aliphatic rings. The van der Waals surface area contributed by atoms with Gasteiger partial charge in [-0.2, -0.15) is 0 Å². The van der Waals surface area contributed by atoms with Gasteiger partial charge < -0.3 is 10.2 Å². The summed E-state index contributed by atoms with van der Waals surface area (Å²) in [6.45, 7) is 6.21. The second-order valence-corrected chi connectivity index (χ2v) is 3.67. The normalized spacial score (nSPS) is 18.8. The van der Waals surface area contributed by atoms with Crippen LogP contribution in [0.5, 0.6) is 0 Å². The Morgan fingerprint density at radius 1 is 1.08 bits per heavy atom. The third kappa shape index (κ3) is 4.73. The van der Waals surface area contributed by atoms with Crippen molar-refractivity contribution in [1.82, 2.24) is 0 Å². The van der Waals surface area contributed by atoms with E-state index in [-0.39, 0.29) is 0 Å². The molecule has 0 saturated carbocycles. The molecule has 0 radical (unpaired) electrons. The Hall–Kier alpha value is -0.0800. The molecule has 0 bridgehead atoms. The summed E-state index contributed by atoms with van der Waals surface area (Å²) in [7, 11) is 0. The van der Waals surface area contributed by atoms with Crippen LogP contribution in [0.4, 0.5) is 0 Å². The maximum Gasteiger partial charge on any atom is 0.0801 e. The molecule has 0 amide bonds. The minimum absolute atomic E-state index is 0.506. The maximum absolute atomic E-state index is 9.50. The van der Waals surface area contributed by atoms with Gasteiger partial charge >= 0.3 is 0 Å². The molecule has 12 heavy (non-hydrogen) atoms. The zero-order valence-electron chi connectivity index (χ0n) is 8.45. The highest BCUT2D eigenvalue weighted by molar-refractivity contribution is 4.68. The van der Waals surface area contributed by atoms with Gasteiger partial charge in [0.1, 0.15) is 0 Å². The van der Waals surface area contributed by atoms with E-state index in [9.17, 15) is 10.2 Å². The Labute approximate surface area is 75.6 Å². The molecule has 74 valence electrons. The Morgan fingerprint density at radius 2 is 1.67 bits per heavy atom. The van der Waals surface area contributed by atoms with E-state index >= 15 is 0 Å². The van der Waals surface area contributed by atoms with E-state index in [0.717, 1.165) is 19.3 Å². The second kappa shape index (κ2) is 6.44. The fourth-order valence-corrected chi connectivity index (χ4v) is 1.22. The van der Waals surface area contributed by atoms with E-state index in [1.165, 1.54) is 0 Å². The molecule has 0 aromatic rings. The Morgan fingerprint density at radius 3 is 2.08 bits per heavy atom. The molecule has 2 nitrogen and oxygen atoms in total. The van der Waals surface area contributed by atoms with Gasteiger partial charge in [0.15, 0.2) is 0 Å². The van der Waals surface area contributed by atoms with Crippen molar-refractivity contribution in [3.63, 3.8) is 0 Å². The summed E-state index contributed by atoms with van der Waals surface area (Å²) in [6.07, 6.45) is 2.37. The quantitative estimate of drug-likeness (QED) is 0.646. The van der Waals surface area contributed by atoms with Gasteiger partial charge in [-0.1, -0.05) is 33.6 Å². The molecule has 0 aromatic heterocycles. The molecule has 2 N–H and O–H groups in total. The van der Waals surface area contributed by atoms with Crippen molar-refractivity contribution in [3.05, 3.63) is 0 Å². The van der Waals surface area contributed by atoms with Crippen LogP contribution in [0.25, 0.3) is 0 Å². The maximum atomic E-state index is 9.50. The van der Waals surface area contributed by atoms with E-state index in [2.05, 4.69) is 13.8 Å². The molecule has 0 spiro atoms. The molecule has 0 aliphatic heterocycles. The van der Waals surface area contributed by atoms with Crippen molar-refractivity contribution in [2.45, 2.75) is 58.7 Å². The fourth-order valence-electron chi connectivity index (χ4n) is 1.22. The summed E-state index contributed by atoms with van der Waals surface area (Å²) in [5, 5.41) is 18.9. The van der Waals surface area contributed by atoms with Crippen molar-refractivity contribution in [3.8, 4) is 0 Å². The van der Waals surface area contributed by atoms with E-state index in [1.54, 1.807) is 0 Å². The molecule has 0 heterocycles. The summed E-state index contributed by atoms with van der Waals surface area (Å²) in [5.41, 5.74) is 0. The first-order chi connectivity index (χ1) is 5.61. The average molecular weight is 174 g/mol. The Balaban J connectivity index is 3.62. The zero-order valence-corrected chi connectivity index (χ0v) is 8.45. The molecule has 0 aliphatic carbocycles. The highest BCUT2D eigenvalue weighted by Crippen LogP contribution is 2.14. The second-order valence-electron chi connectivity index (χ2n) is 3.67. The van der Waals surface area contributed by atoms with Crippen LogP contribution < -0.4 is 0 Å². The van der Waals surface area contributed by atoms with Crippen LogP contribution in [0, 0.1) is 5.92 Å². The SMILES string of the molecule is CCCC(O)C(O)CC(C)CC. The van der Waals surface area contributed by atoms with Gasteiger partial charge in [-0.05, 0) is 18.8 Å². The number of rotatable bonds is 6. The standard InChI is InChI=1S/C10H22O2/c1-4-6-9(11)10(12)7-8(3)5-2/h8-12H,4-7H2,1-3H3. The topological polar surface area (TPSA) is 40.5 Å². The van der Waals surface area contributed by atoms with Gasteiger partial charge in [0.05, 0.1) is 12.2 Å². The lowest BCUT2D eigenvalue weighted by molar-refractivity contribution is 0.00128. The minimum Gasteiger partial charge on any atom is -0.390 e. The van der Waals surface area contributed by atoms with Crippen LogP contribution in [0.15, 0.2) is 0 Å². The number of hydrogen-bond acceptors (Lipinski definition) is 2. The number of hydrogen-bond donors (Lipinski definition) is 2. The van der Waals surface area contributed by atoms with Gasteiger partial charge in [0, 0.05) is 0 Å². The highest BCUT2D eigenvalue weighted by atomic mass is 16.3. The Bertz CT molecular complexity index is 104. The lowest BCUT2D eigenvalue weighted by atomic mass is 9.96. The molecule has 0 fully saturated rings. The highest BCUT2D eigenvalue weighted by Gasteiger charge is 2.16. The lowest BCUT2D eigenvalue weighted by Crippen LogP contribution is -2.27. The van der Waals surface area contributed by atoms with Crippen LogP contribution >= 0.6 is 0 Å². The average Bonchev–Trinajstić information content (AvgIpc) is 2.04. The van der Waals surface area contributed by atoms with Crippen LogP contribution in [-0.2, 0) is 0 Å². The molecule has 0 rings (SSSR count).